The highest BCUT2D eigenvalue weighted by Crippen LogP contribution is 2.21. The Morgan fingerprint density at radius 1 is 1.64 bits per heavy atom. The normalized spacial score (nSPS) is 17.1. The van der Waals surface area contributed by atoms with E-state index < -0.39 is 6.43 Å². The van der Waals surface area contributed by atoms with E-state index in [0.29, 0.717) is 6.04 Å². The molecule has 1 aromatic rings. The third kappa shape index (κ3) is 2.37. The summed E-state index contributed by atoms with van der Waals surface area (Å²) in [5.74, 6) is 2.17. The Labute approximate surface area is 84.9 Å². The van der Waals surface area contributed by atoms with Crippen molar-refractivity contribution >= 4 is 17.4 Å². The predicted molar refractivity (Wildman–Crippen MR) is 53.0 cm³/mol. The highest BCUT2D eigenvalue weighted by atomic mass is 32.2. The van der Waals surface area contributed by atoms with Gasteiger partial charge in [0.2, 0.25) is 0 Å². The first-order valence-electron chi connectivity index (χ1n) is 4.39. The number of nitrogens with one attached hydrogen (secondary N) is 1. The van der Waals surface area contributed by atoms with Crippen molar-refractivity contribution in [2.45, 2.75) is 19.0 Å². The first-order valence-corrected chi connectivity index (χ1v) is 5.54. The van der Waals surface area contributed by atoms with E-state index in [1.165, 1.54) is 4.68 Å². The van der Waals surface area contributed by atoms with E-state index >= 15 is 0 Å². The second kappa shape index (κ2) is 4.16. The van der Waals surface area contributed by atoms with Gasteiger partial charge in [0.1, 0.15) is 6.54 Å². The van der Waals surface area contributed by atoms with E-state index in [4.69, 9.17) is 0 Å². The van der Waals surface area contributed by atoms with Gasteiger partial charge in [-0.05, 0) is 0 Å². The van der Waals surface area contributed by atoms with Gasteiger partial charge in [0.05, 0.1) is 11.9 Å². The molecule has 2 heterocycles. The largest absolute Gasteiger partial charge is 0.378 e. The molecule has 1 aliphatic heterocycles. The number of aromatic nitrogens is 2. The predicted octanol–water partition coefficient (Wildman–Crippen LogP) is 1.68. The average molecular weight is 219 g/mol. The SMILES string of the molecule is FC(F)Cn1cc(NC2CSC2)cn1. The van der Waals surface area contributed by atoms with Gasteiger partial charge in [-0.1, -0.05) is 0 Å². The molecule has 0 unspecified atom stereocenters. The standard InChI is InChI=1S/C8H11F2N3S/c9-8(10)3-13-2-6(1-11-13)12-7-4-14-5-7/h1-2,7-8,12H,3-5H2. The molecular weight excluding hydrogens is 208 g/mol. The second-order valence-corrected chi connectivity index (χ2v) is 4.30. The van der Waals surface area contributed by atoms with Gasteiger partial charge in [-0.25, -0.2) is 8.78 Å². The Bertz CT molecular complexity index is 299. The van der Waals surface area contributed by atoms with Crippen LogP contribution in [0.5, 0.6) is 0 Å². The van der Waals surface area contributed by atoms with E-state index in [9.17, 15) is 8.78 Å². The van der Waals surface area contributed by atoms with Crippen LogP contribution in [0.2, 0.25) is 0 Å². The lowest BCUT2D eigenvalue weighted by molar-refractivity contribution is 0.122. The molecule has 1 N–H and O–H groups in total. The van der Waals surface area contributed by atoms with Crippen LogP contribution < -0.4 is 5.32 Å². The molecule has 1 fully saturated rings. The minimum Gasteiger partial charge on any atom is -0.378 e. The molecular formula is C8H11F2N3S. The van der Waals surface area contributed by atoms with E-state index in [1.807, 2.05) is 11.8 Å². The summed E-state index contributed by atoms with van der Waals surface area (Å²) in [6.07, 6.45) is 0.863. The van der Waals surface area contributed by atoms with Gasteiger partial charge < -0.3 is 5.32 Å². The lowest BCUT2D eigenvalue weighted by atomic mass is 10.3. The van der Waals surface area contributed by atoms with Crippen molar-refractivity contribution in [3.63, 3.8) is 0 Å². The Morgan fingerprint density at radius 2 is 2.43 bits per heavy atom. The minimum atomic E-state index is -2.35. The van der Waals surface area contributed by atoms with Gasteiger partial charge in [0.15, 0.2) is 0 Å². The number of anilines is 1. The van der Waals surface area contributed by atoms with Gasteiger partial charge in [-0.3, -0.25) is 4.68 Å². The molecule has 0 aromatic carbocycles. The van der Waals surface area contributed by atoms with Crippen LogP contribution in [0.15, 0.2) is 12.4 Å². The number of hydrogen-bond donors (Lipinski definition) is 1. The highest BCUT2D eigenvalue weighted by molar-refractivity contribution is 8.00. The maximum absolute atomic E-state index is 12.0. The monoisotopic (exact) mass is 219 g/mol. The number of rotatable bonds is 4. The van der Waals surface area contributed by atoms with Crippen molar-refractivity contribution in [1.82, 2.24) is 9.78 Å². The first-order chi connectivity index (χ1) is 6.74. The van der Waals surface area contributed by atoms with Crippen molar-refractivity contribution in [3.8, 4) is 0 Å². The molecule has 2 rings (SSSR count). The summed E-state index contributed by atoms with van der Waals surface area (Å²) in [5.41, 5.74) is 0.830. The summed E-state index contributed by atoms with van der Waals surface area (Å²) in [6, 6.07) is 0.476. The fraction of sp³-hybridized carbons (Fsp3) is 0.625. The van der Waals surface area contributed by atoms with Crippen molar-refractivity contribution in [2.24, 2.45) is 0 Å². The summed E-state index contributed by atoms with van der Waals surface area (Å²) in [4.78, 5) is 0. The van der Waals surface area contributed by atoms with Gasteiger partial charge >= 0.3 is 0 Å². The molecule has 1 aromatic heterocycles. The number of halogens is 2. The fourth-order valence-corrected chi connectivity index (χ4v) is 1.87. The fourth-order valence-electron chi connectivity index (χ4n) is 1.23. The summed E-state index contributed by atoms with van der Waals surface area (Å²) in [7, 11) is 0. The van der Waals surface area contributed by atoms with E-state index in [1.54, 1.807) is 12.4 Å². The van der Waals surface area contributed by atoms with Crippen LogP contribution in [0.4, 0.5) is 14.5 Å². The Hall–Kier alpha value is -0.780. The second-order valence-electron chi connectivity index (χ2n) is 3.22. The molecule has 0 atom stereocenters. The molecule has 0 aliphatic carbocycles. The smallest absolute Gasteiger partial charge is 0.257 e. The van der Waals surface area contributed by atoms with Gasteiger partial charge in [-0.2, -0.15) is 16.9 Å². The van der Waals surface area contributed by atoms with Crippen LogP contribution in [-0.2, 0) is 6.54 Å². The van der Waals surface area contributed by atoms with Crippen LogP contribution in [0, 0.1) is 0 Å². The highest BCUT2D eigenvalue weighted by Gasteiger charge is 2.18. The van der Waals surface area contributed by atoms with Crippen LogP contribution in [0.25, 0.3) is 0 Å². The van der Waals surface area contributed by atoms with Crippen LogP contribution in [0.1, 0.15) is 0 Å². The number of hydrogen-bond acceptors (Lipinski definition) is 3. The van der Waals surface area contributed by atoms with E-state index in [0.717, 1.165) is 17.2 Å². The van der Waals surface area contributed by atoms with Crippen LogP contribution in [-0.4, -0.2) is 33.8 Å². The summed E-state index contributed by atoms with van der Waals surface area (Å²) >= 11 is 1.87. The molecule has 6 heteroatoms. The molecule has 14 heavy (non-hydrogen) atoms. The molecule has 0 amide bonds. The van der Waals surface area contributed by atoms with Crippen LogP contribution >= 0.6 is 11.8 Å². The van der Waals surface area contributed by atoms with Gasteiger partial charge in [0, 0.05) is 23.7 Å². The zero-order valence-electron chi connectivity index (χ0n) is 7.49. The quantitative estimate of drug-likeness (QED) is 0.835. The molecule has 1 saturated heterocycles. The summed E-state index contributed by atoms with van der Waals surface area (Å²) < 4.78 is 25.2. The Kier molecular flexibility index (Phi) is 2.90. The molecule has 78 valence electrons. The topological polar surface area (TPSA) is 29.9 Å². The molecule has 0 spiro atoms. The first kappa shape index (κ1) is 9.76. The average Bonchev–Trinajstić information content (AvgIpc) is 2.44. The molecule has 3 nitrogen and oxygen atoms in total. The molecule has 0 bridgehead atoms. The molecule has 1 aliphatic rings. The van der Waals surface area contributed by atoms with Crippen molar-refractivity contribution < 1.29 is 8.78 Å². The van der Waals surface area contributed by atoms with Crippen molar-refractivity contribution in [1.29, 1.82) is 0 Å². The number of nitrogens with zero attached hydrogens (tertiary/aromatic N) is 2. The molecule has 0 radical (unpaired) electrons. The van der Waals surface area contributed by atoms with Crippen molar-refractivity contribution in [2.75, 3.05) is 16.8 Å². The minimum absolute atomic E-state index is 0.332. The summed E-state index contributed by atoms with van der Waals surface area (Å²) in [5, 5.41) is 7.06. The van der Waals surface area contributed by atoms with E-state index in [-0.39, 0.29) is 6.54 Å². The molecule has 0 saturated carbocycles. The van der Waals surface area contributed by atoms with Gasteiger partial charge in [-0.15, -0.1) is 0 Å². The maximum Gasteiger partial charge on any atom is 0.257 e. The number of thioether (sulfide) groups is 1. The number of alkyl halides is 2. The Balaban J connectivity index is 1.88. The Morgan fingerprint density at radius 3 is 3.00 bits per heavy atom. The third-order valence-corrected chi connectivity index (χ3v) is 3.24. The van der Waals surface area contributed by atoms with Gasteiger partial charge in [0.25, 0.3) is 6.43 Å². The van der Waals surface area contributed by atoms with E-state index in [2.05, 4.69) is 10.4 Å². The maximum atomic E-state index is 12.0. The lowest BCUT2D eigenvalue weighted by Crippen LogP contribution is -2.32. The van der Waals surface area contributed by atoms with Crippen LogP contribution in [0.3, 0.4) is 0 Å². The lowest BCUT2D eigenvalue weighted by Gasteiger charge is -2.25. The third-order valence-electron chi connectivity index (χ3n) is 1.97. The zero-order chi connectivity index (χ0) is 9.97. The summed E-state index contributed by atoms with van der Waals surface area (Å²) in [6.45, 7) is -0.332. The zero-order valence-corrected chi connectivity index (χ0v) is 8.31. The van der Waals surface area contributed by atoms with Crippen molar-refractivity contribution in [3.05, 3.63) is 12.4 Å².